The molecular weight excluding hydrogens is 398 g/mol. The molecule has 0 fully saturated rings. The molecule has 30 heavy (non-hydrogen) atoms. The number of esters is 1. The number of benzene rings is 2. The van der Waals surface area contributed by atoms with E-state index in [1.54, 1.807) is 43.3 Å². The summed E-state index contributed by atoms with van der Waals surface area (Å²) in [6, 6.07) is 17.7. The molecule has 0 saturated carbocycles. The predicted octanol–water partition coefficient (Wildman–Crippen LogP) is 4.43. The average molecular weight is 426 g/mol. The smallest absolute Gasteiger partial charge is 0.309 e. The summed E-state index contributed by atoms with van der Waals surface area (Å²) < 4.78 is 33.5. The minimum Gasteiger partial charge on any atom is -0.466 e. The van der Waals surface area contributed by atoms with Gasteiger partial charge < -0.3 is 4.74 Å². The second-order valence-electron chi connectivity index (χ2n) is 7.07. The summed E-state index contributed by atoms with van der Waals surface area (Å²) in [6.07, 6.45) is 2.70. The van der Waals surface area contributed by atoms with Crippen molar-refractivity contribution >= 4 is 21.6 Å². The van der Waals surface area contributed by atoms with Gasteiger partial charge in [0.15, 0.2) is 0 Å². The van der Waals surface area contributed by atoms with Crippen LogP contribution in [0.4, 0.5) is 0 Å². The maximum Gasteiger partial charge on any atom is 0.309 e. The van der Waals surface area contributed by atoms with Crippen molar-refractivity contribution in [1.82, 2.24) is 4.31 Å². The molecule has 0 saturated heterocycles. The van der Waals surface area contributed by atoms with Crippen LogP contribution in [0.15, 0.2) is 83.8 Å². The molecule has 0 aromatic heterocycles. The van der Waals surface area contributed by atoms with Gasteiger partial charge in [0.05, 0.1) is 24.0 Å². The Bertz CT molecular complexity index is 1010. The molecule has 0 N–H and O–H groups in total. The van der Waals surface area contributed by atoms with E-state index in [4.69, 9.17) is 4.74 Å². The van der Waals surface area contributed by atoms with E-state index in [0.717, 1.165) is 16.7 Å². The molecule has 3 rings (SSSR count). The van der Waals surface area contributed by atoms with E-state index >= 15 is 0 Å². The van der Waals surface area contributed by atoms with E-state index in [1.165, 1.54) is 4.31 Å². The Morgan fingerprint density at radius 2 is 1.77 bits per heavy atom. The van der Waals surface area contributed by atoms with Gasteiger partial charge in [-0.25, -0.2) is 8.42 Å². The lowest BCUT2D eigenvalue weighted by Gasteiger charge is -2.38. The molecule has 1 atom stereocenters. The third-order valence-electron chi connectivity index (χ3n) is 5.22. The van der Waals surface area contributed by atoms with Crippen LogP contribution in [-0.2, 0) is 19.6 Å². The van der Waals surface area contributed by atoms with Crippen LogP contribution >= 0.6 is 0 Å². The maximum absolute atomic E-state index is 13.4. The Balaban J connectivity index is 2.10. The summed E-state index contributed by atoms with van der Waals surface area (Å²) in [5, 5.41) is 0. The molecule has 5 nitrogen and oxygen atoms in total. The first-order valence-corrected chi connectivity index (χ1v) is 11.5. The predicted molar refractivity (Wildman–Crippen MR) is 118 cm³/mol. The maximum atomic E-state index is 13.4. The molecule has 1 heterocycles. The normalized spacial score (nSPS) is 17.6. The first-order chi connectivity index (χ1) is 14.5. The van der Waals surface area contributed by atoms with Crippen LogP contribution in [-0.4, -0.2) is 37.9 Å². The Labute approximate surface area is 178 Å². The zero-order valence-electron chi connectivity index (χ0n) is 17.2. The highest BCUT2D eigenvalue weighted by molar-refractivity contribution is 7.89. The fourth-order valence-electron chi connectivity index (χ4n) is 3.91. The van der Waals surface area contributed by atoms with Crippen molar-refractivity contribution in [3.05, 3.63) is 84.5 Å². The lowest BCUT2D eigenvalue weighted by molar-refractivity contribution is -0.142. The highest BCUT2D eigenvalue weighted by Crippen LogP contribution is 2.37. The number of carbonyl (C=O) groups is 1. The van der Waals surface area contributed by atoms with E-state index in [-0.39, 0.29) is 23.9 Å². The van der Waals surface area contributed by atoms with Crippen LogP contribution in [0.3, 0.4) is 0 Å². The van der Waals surface area contributed by atoms with Gasteiger partial charge in [-0.05, 0) is 48.6 Å². The molecule has 0 spiro atoms. The summed E-state index contributed by atoms with van der Waals surface area (Å²) in [5.74, 6) is -0.353. The van der Waals surface area contributed by atoms with Gasteiger partial charge >= 0.3 is 5.97 Å². The number of hydrogen-bond donors (Lipinski definition) is 0. The second-order valence-corrected chi connectivity index (χ2v) is 8.96. The fourth-order valence-corrected chi connectivity index (χ4v) is 5.56. The van der Waals surface area contributed by atoms with Gasteiger partial charge in [0.1, 0.15) is 0 Å². The zero-order chi connectivity index (χ0) is 21.6. The van der Waals surface area contributed by atoms with E-state index in [1.807, 2.05) is 30.3 Å². The van der Waals surface area contributed by atoms with Gasteiger partial charge in [-0.1, -0.05) is 54.6 Å². The van der Waals surface area contributed by atoms with Gasteiger partial charge in [-0.15, -0.1) is 6.58 Å². The molecule has 158 valence electrons. The third kappa shape index (κ3) is 4.71. The van der Waals surface area contributed by atoms with Gasteiger partial charge in [0, 0.05) is 6.54 Å². The Morgan fingerprint density at radius 3 is 2.37 bits per heavy atom. The van der Waals surface area contributed by atoms with Crippen molar-refractivity contribution < 1.29 is 17.9 Å². The number of rotatable bonds is 8. The van der Waals surface area contributed by atoms with Crippen molar-refractivity contribution in [2.24, 2.45) is 0 Å². The third-order valence-corrected chi connectivity index (χ3v) is 7.14. The summed E-state index contributed by atoms with van der Waals surface area (Å²) in [7, 11) is -3.72. The van der Waals surface area contributed by atoms with Gasteiger partial charge in [0.2, 0.25) is 10.0 Å². The first kappa shape index (κ1) is 22.0. The molecule has 1 unspecified atom stereocenters. The second kappa shape index (κ2) is 9.87. The Morgan fingerprint density at radius 1 is 1.13 bits per heavy atom. The number of hydrogen-bond acceptors (Lipinski definition) is 4. The number of carbonyl (C=O) groups excluding carboxylic acids is 1. The zero-order valence-corrected chi connectivity index (χ0v) is 18.0. The average Bonchev–Trinajstić information content (AvgIpc) is 2.76. The number of nitrogens with zero attached hydrogens (tertiary/aromatic N) is 1. The topological polar surface area (TPSA) is 63.7 Å². The van der Waals surface area contributed by atoms with Gasteiger partial charge in [0.25, 0.3) is 0 Å². The van der Waals surface area contributed by atoms with Gasteiger partial charge in [-0.2, -0.15) is 4.31 Å². The molecule has 6 heteroatoms. The molecule has 1 aliphatic rings. The first-order valence-electron chi connectivity index (χ1n) is 10.1. The summed E-state index contributed by atoms with van der Waals surface area (Å²) >= 11 is 0. The minimum absolute atomic E-state index is 0.0530. The molecule has 2 aromatic carbocycles. The van der Waals surface area contributed by atoms with E-state index in [0.29, 0.717) is 19.4 Å². The van der Waals surface area contributed by atoms with E-state index in [2.05, 4.69) is 6.58 Å². The highest BCUT2D eigenvalue weighted by atomic mass is 32.2. The molecule has 0 radical (unpaired) electrons. The van der Waals surface area contributed by atoms with Gasteiger partial charge in [-0.3, -0.25) is 4.79 Å². The van der Waals surface area contributed by atoms with Crippen LogP contribution in [0.5, 0.6) is 0 Å². The SMILES string of the molecule is C=CCC1C(CC(=O)OCC)=C(c2ccccc2)CCN1S(=O)(=O)c1ccccc1. The Kier molecular flexibility index (Phi) is 7.24. The van der Waals surface area contributed by atoms with Crippen molar-refractivity contribution in [3.8, 4) is 0 Å². The molecule has 0 aliphatic carbocycles. The minimum atomic E-state index is -3.72. The van der Waals surface area contributed by atoms with Crippen LogP contribution in [0.25, 0.3) is 5.57 Å². The summed E-state index contributed by atoms with van der Waals surface area (Å²) in [4.78, 5) is 12.7. The highest BCUT2D eigenvalue weighted by Gasteiger charge is 2.38. The van der Waals surface area contributed by atoms with Crippen LogP contribution in [0, 0.1) is 0 Å². The summed E-state index contributed by atoms with van der Waals surface area (Å²) in [6.45, 7) is 6.22. The fraction of sp³-hybridized carbons (Fsp3) is 0.292. The van der Waals surface area contributed by atoms with Crippen LogP contribution in [0.1, 0.15) is 31.7 Å². The number of sulfonamides is 1. The lowest BCUT2D eigenvalue weighted by Crippen LogP contribution is -2.45. The quantitative estimate of drug-likeness (QED) is 0.464. The molecule has 1 aliphatic heterocycles. The van der Waals surface area contributed by atoms with E-state index in [9.17, 15) is 13.2 Å². The molecule has 2 aromatic rings. The largest absolute Gasteiger partial charge is 0.466 e. The van der Waals surface area contributed by atoms with Crippen molar-refractivity contribution in [3.63, 3.8) is 0 Å². The van der Waals surface area contributed by atoms with Crippen molar-refractivity contribution in [1.29, 1.82) is 0 Å². The monoisotopic (exact) mass is 425 g/mol. The van der Waals surface area contributed by atoms with Crippen molar-refractivity contribution in [2.75, 3.05) is 13.2 Å². The van der Waals surface area contributed by atoms with E-state index < -0.39 is 16.1 Å². The molecule has 0 bridgehead atoms. The lowest BCUT2D eigenvalue weighted by atomic mass is 9.86. The van der Waals surface area contributed by atoms with Crippen LogP contribution in [0.2, 0.25) is 0 Å². The van der Waals surface area contributed by atoms with Crippen molar-refractivity contribution in [2.45, 2.75) is 37.1 Å². The Hall–Kier alpha value is -2.70. The standard InChI is InChI=1S/C24H27NO4S/c1-3-11-23-22(18-24(26)29-4-2)21(19-12-7-5-8-13-19)16-17-25(23)30(27,28)20-14-9-6-10-15-20/h3,5-10,12-15,23H,1,4,11,16-18H2,2H3. The number of ether oxygens (including phenoxy) is 1. The molecule has 0 amide bonds. The summed E-state index contributed by atoms with van der Waals surface area (Å²) in [5.41, 5.74) is 2.79. The molecular formula is C24H27NO4S. The van der Waals surface area contributed by atoms with Crippen LogP contribution < -0.4 is 0 Å².